The van der Waals surface area contributed by atoms with Crippen molar-refractivity contribution in [2.45, 2.75) is 6.92 Å². The van der Waals surface area contributed by atoms with Crippen molar-refractivity contribution in [1.82, 2.24) is 0 Å². The van der Waals surface area contributed by atoms with Crippen molar-refractivity contribution in [2.75, 3.05) is 35.8 Å². The van der Waals surface area contributed by atoms with E-state index in [0.717, 1.165) is 22.5 Å². The third-order valence-corrected chi connectivity index (χ3v) is 6.98. The van der Waals surface area contributed by atoms with E-state index in [4.69, 9.17) is 28.6 Å². The molecule has 0 unspecified atom stereocenters. The van der Waals surface area contributed by atoms with Crippen LogP contribution in [0.25, 0.3) is 6.08 Å². The predicted molar refractivity (Wildman–Crippen MR) is 153 cm³/mol. The van der Waals surface area contributed by atoms with E-state index in [1.165, 1.54) is 11.8 Å². The van der Waals surface area contributed by atoms with Crippen LogP contribution in [-0.4, -0.2) is 36.8 Å². The lowest BCUT2D eigenvalue weighted by Crippen LogP contribution is -2.27. The van der Waals surface area contributed by atoms with Crippen LogP contribution in [0.4, 0.5) is 17.1 Å². The number of nitrogens with zero attached hydrogens (tertiary/aromatic N) is 2. The summed E-state index contributed by atoms with van der Waals surface area (Å²) in [5, 5.41) is 3.35. The molecule has 1 saturated heterocycles. The van der Waals surface area contributed by atoms with Gasteiger partial charge in [0, 0.05) is 30.5 Å². The Hall–Kier alpha value is -3.33. The van der Waals surface area contributed by atoms with Crippen LogP contribution < -0.4 is 19.9 Å². The Morgan fingerprint density at radius 2 is 1.81 bits per heavy atom. The van der Waals surface area contributed by atoms with Gasteiger partial charge in [0.25, 0.3) is 11.8 Å². The van der Waals surface area contributed by atoms with Crippen molar-refractivity contribution in [3.63, 3.8) is 0 Å². The summed E-state index contributed by atoms with van der Waals surface area (Å²) >= 11 is 12.7. The van der Waals surface area contributed by atoms with Gasteiger partial charge in [0.2, 0.25) is 0 Å². The van der Waals surface area contributed by atoms with Crippen LogP contribution in [0.5, 0.6) is 5.75 Å². The first-order valence-corrected chi connectivity index (χ1v) is 12.7. The molecule has 1 N–H and O–H groups in total. The van der Waals surface area contributed by atoms with Crippen molar-refractivity contribution in [3.05, 3.63) is 87.8 Å². The maximum absolute atomic E-state index is 13.0. The van der Waals surface area contributed by atoms with Gasteiger partial charge in [-0.25, -0.2) is 0 Å². The number of hydrogen-bond acceptors (Lipinski definition) is 6. The SMILES string of the molecule is Cc1ccc(Cl)cc1NC(=O)COc1ccc(/C=C2\SC(=S)N(c3ccc(N(C)C)cc3)C2=O)cc1. The highest BCUT2D eigenvalue weighted by Gasteiger charge is 2.33. The first kappa shape index (κ1) is 25.8. The molecule has 1 aliphatic heterocycles. The summed E-state index contributed by atoms with van der Waals surface area (Å²) in [6.07, 6.45) is 1.80. The number of aryl methyl sites for hydroxylation is 1. The molecule has 0 aromatic heterocycles. The number of carbonyl (C=O) groups excluding carboxylic acids is 2. The van der Waals surface area contributed by atoms with Gasteiger partial charge in [0.05, 0.1) is 10.6 Å². The zero-order chi connectivity index (χ0) is 25.8. The second-order valence-corrected chi connectivity index (χ2v) is 10.4. The quantitative estimate of drug-likeness (QED) is 0.288. The molecule has 0 saturated carbocycles. The average Bonchev–Trinajstić information content (AvgIpc) is 3.13. The Balaban J connectivity index is 1.37. The maximum atomic E-state index is 13.0. The molecule has 4 rings (SSSR count). The maximum Gasteiger partial charge on any atom is 0.270 e. The minimum Gasteiger partial charge on any atom is -0.484 e. The van der Waals surface area contributed by atoms with Crippen LogP contribution in [0.1, 0.15) is 11.1 Å². The molecule has 9 heteroatoms. The molecule has 1 heterocycles. The second-order valence-electron chi connectivity index (χ2n) is 8.29. The molecule has 2 amide bonds. The van der Waals surface area contributed by atoms with E-state index in [1.807, 2.05) is 68.4 Å². The Kier molecular flexibility index (Phi) is 7.98. The van der Waals surface area contributed by atoms with Crippen LogP contribution >= 0.6 is 35.6 Å². The van der Waals surface area contributed by atoms with Crippen LogP contribution in [0.2, 0.25) is 5.02 Å². The Morgan fingerprint density at radius 3 is 2.47 bits per heavy atom. The Bertz CT molecular complexity index is 1340. The molecular formula is C27H24ClN3O3S2. The van der Waals surface area contributed by atoms with Gasteiger partial charge in [-0.15, -0.1) is 0 Å². The van der Waals surface area contributed by atoms with Gasteiger partial charge in [0.1, 0.15) is 5.75 Å². The highest BCUT2D eigenvalue weighted by atomic mass is 35.5. The fraction of sp³-hybridized carbons (Fsp3) is 0.148. The molecule has 0 bridgehead atoms. The summed E-state index contributed by atoms with van der Waals surface area (Å²) in [7, 11) is 3.93. The van der Waals surface area contributed by atoms with Crippen LogP contribution in [-0.2, 0) is 9.59 Å². The highest BCUT2D eigenvalue weighted by molar-refractivity contribution is 8.27. The lowest BCUT2D eigenvalue weighted by molar-refractivity contribution is -0.118. The van der Waals surface area contributed by atoms with Gasteiger partial charge in [-0.2, -0.15) is 0 Å². The van der Waals surface area contributed by atoms with Gasteiger partial charge in [-0.1, -0.05) is 53.8 Å². The summed E-state index contributed by atoms with van der Waals surface area (Å²) in [4.78, 5) is 29.4. The third-order valence-electron chi connectivity index (χ3n) is 5.44. The number of thiocarbonyl (C=S) groups is 1. The molecule has 0 radical (unpaired) electrons. The number of amides is 2. The number of rotatable bonds is 7. The molecular weight excluding hydrogens is 514 g/mol. The van der Waals surface area contributed by atoms with Crippen LogP contribution in [0, 0.1) is 6.92 Å². The smallest absolute Gasteiger partial charge is 0.270 e. The second kappa shape index (κ2) is 11.2. The predicted octanol–water partition coefficient (Wildman–Crippen LogP) is 6.14. The van der Waals surface area contributed by atoms with E-state index in [-0.39, 0.29) is 18.4 Å². The van der Waals surface area contributed by atoms with Crippen molar-refractivity contribution < 1.29 is 14.3 Å². The molecule has 1 aliphatic rings. The topological polar surface area (TPSA) is 61.9 Å². The highest BCUT2D eigenvalue weighted by Crippen LogP contribution is 2.36. The summed E-state index contributed by atoms with van der Waals surface area (Å²) < 4.78 is 6.09. The molecule has 3 aromatic rings. The first-order chi connectivity index (χ1) is 17.2. The minimum absolute atomic E-state index is 0.142. The number of nitrogens with one attached hydrogen (secondary N) is 1. The summed E-state index contributed by atoms with van der Waals surface area (Å²) in [5.41, 5.74) is 4.16. The number of hydrogen-bond donors (Lipinski definition) is 1. The van der Waals surface area contributed by atoms with E-state index < -0.39 is 0 Å². The van der Waals surface area contributed by atoms with Crippen molar-refractivity contribution >= 4 is 74.9 Å². The average molecular weight is 538 g/mol. The van der Waals surface area contributed by atoms with Crippen molar-refractivity contribution in [3.8, 4) is 5.75 Å². The fourth-order valence-electron chi connectivity index (χ4n) is 3.47. The third kappa shape index (κ3) is 6.07. The van der Waals surface area contributed by atoms with Crippen LogP contribution in [0.3, 0.4) is 0 Å². The molecule has 36 heavy (non-hydrogen) atoms. The standard InChI is InChI=1S/C27H24ClN3O3S2/c1-17-4-7-19(28)15-23(17)29-25(32)16-34-22-12-5-18(6-13-22)14-24-26(33)31(27(35)36-24)21-10-8-20(9-11-21)30(2)3/h4-15H,16H2,1-3H3,(H,29,32)/b24-14-. The number of benzene rings is 3. The van der Waals surface area contributed by atoms with Gasteiger partial charge in [-0.05, 0) is 72.7 Å². The first-order valence-electron chi connectivity index (χ1n) is 11.1. The minimum atomic E-state index is -0.285. The lowest BCUT2D eigenvalue weighted by Gasteiger charge is -2.17. The van der Waals surface area contributed by atoms with Gasteiger partial charge in [-0.3, -0.25) is 14.5 Å². The fourth-order valence-corrected chi connectivity index (χ4v) is 4.94. The lowest BCUT2D eigenvalue weighted by atomic mass is 10.2. The van der Waals surface area contributed by atoms with Gasteiger partial charge >= 0.3 is 0 Å². The number of ether oxygens (including phenoxy) is 1. The summed E-state index contributed by atoms with van der Waals surface area (Å²) in [5.74, 6) is 0.0984. The Morgan fingerprint density at radius 1 is 1.11 bits per heavy atom. The molecule has 0 spiro atoms. The molecule has 1 fully saturated rings. The van der Waals surface area contributed by atoms with Crippen molar-refractivity contribution in [2.24, 2.45) is 0 Å². The summed E-state index contributed by atoms with van der Waals surface area (Å²) in [6.45, 7) is 1.75. The summed E-state index contributed by atoms with van der Waals surface area (Å²) in [6, 6.07) is 20.1. The molecule has 0 atom stereocenters. The molecule has 3 aromatic carbocycles. The zero-order valence-electron chi connectivity index (χ0n) is 19.9. The molecule has 0 aliphatic carbocycles. The van der Waals surface area contributed by atoms with E-state index in [0.29, 0.717) is 25.7 Å². The van der Waals surface area contributed by atoms with E-state index in [1.54, 1.807) is 35.2 Å². The van der Waals surface area contributed by atoms with E-state index >= 15 is 0 Å². The zero-order valence-corrected chi connectivity index (χ0v) is 22.3. The van der Waals surface area contributed by atoms with Crippen molar-refractivity contribution in [1.29, 1.82) is 0 Å². The number of carbonyl (C=O) groups is 2. The molecule has 184 valence electrons. The van der Waals surface area contributed by atoms with E-state index in [2.05, 4.69) is 5.32 Å². The number of anilines is 3. The largest absolute Gasteiger partial charge is 0.484 e. The monoisotopic (exact) mass is 537 g/mol. The normalized spacial score (nSPS) is 14.3. The van der Waals surface area contributed by atoms with Crippen LogP contribution in [0.15, 0.2) is 71.6 Å². The number of thioether (sulfide) groups is 1. The Labute approximate surface area is 224 Å². The van der Waals surface area contributed by atoms with Gasteiger partial charge < -0.3 is 15.0 Å². The van der Waals surface area contributed by atoms with E-state index in [9.17, 15) is 9.59 Å². The van der Waals surface area contributed by atoms with Gasteiger partial charge in [0.15, 0.2) is 10.9 Å². The number of halogens is 1. The molecule has 6 nitrogen and oxygen atoms in total.